The second-order valence-corrected chi connectivity index (χ2v) is 7.37. The second-order valence-electron chi connectivity index (χ2n) is 4.33. The van der Waals surface area contributed by atoms with Crippen molar-refractivity contribution in [1.29, 1.82) is 0 Å². The van der Waals surface area contributed by atoms with Crippen LogP contribution in [-0.4, -0.2) is 26.0 Å². The number of aryl methyl sites for hydroxylation is 1. The number of benzene rings is 1. The van der Waals surface area contributed by atoms with Gasteiger partial charge in [0.05, 0.1) is 22.2 Å². The number of rotatable bonds is 2. The van der Waals surface area contributed by atoms with Crippen LogP contribution >= 0.6 is 23.2 Å². The first kappa shape index (κ1) is 13.0. The van der Waals surface area contributed by atoms with Gasteiger partial charge < -0.3 is 5.32 Å². The number of sulfone groups is 1. The van der Waals surface area contributed by atoms with Crippen LogP contribution < -0.4 is 5.32 Å². The smallest absolute Gasteiger partial charge is 0.152 e. The molecule has 17 heavy (non-hydrogen) atoms. The molecule has 1 heterocycles. The number of anilines is 1. The molecule has 94 valence electrons. The molecular weight excluding hydrogens is 281 g/mol. The fourth-order valence-electron chi connectivity index (χ4n) is 1.89. The zero-order valence-corrected chi connectivity index (χ0v) is 11.7. The van der Waals surface area contributed by atoms with E-state index in [1.165, 1.54) is 0 Å². The van der Waals surface area contributed by atoms with Gasteiger partial charge >= 0.3 is 0 Å². The molecule has 1 N–H and O–H groups in total. The van der Waals surface area contributed by atoms with Crippen LogP contribution in [0.1, 0.15) is 12.0 Å². The number of halogens is 2. The minimum Gasteiger partial charge on any atom is -0.380 e. The zero-order valence-electron chi connectivity index (χ0n) is 9.33. The summed E-state index contributed by atoms with van der Waals surface area (Å²) in [7, 11) is -2.89. The minimum absolute atomic E-state index is 0.0729. The van der Waals surface area contributed by atoms with E-state index in [1.54, 1.807) is 12.1 Å². The first-order valence-corrected chi connectivity index (χ1v) is 7.88. The first-order chi connectivity index (χ1) is 7.87. The van der Waals surface area contributed by atoms with Gasteiger partial charge in [0.15, 0.2) is 9.84 Å². The van der Waals surface area contributed by atoms with Crippen molar-refractivity contribution in [2.75, 3.05) is 16.8 Å². The summed E-state index contributed by atoms with van der Waals surface area (Å²) in [4.78, 5) is 0. The molecule has 1 fully saturated rings. The fraction of sp³-hybridized carbons (Fsp3) is 0.455. The largest absolute Gasteiger partial charge is 0.380 e. The molecule has 0 aromatic heterocycles. The lowest BCUT2D eigenvalue weighted by Gasteiger charge is -2.15. The predicted octanol–water partition coefficient (Wildman–Crippen LogP) is 2.90. The second kappa shape index (κ2) is 4.67. The Hall–Kier alpha value is -0.450. The highest BCUT2D eigenvalue weighted by Gasteiger charge is 2.28. The predicted molar refractivity (Wildman–Crippen MR) is 71.9 cm³/mol. The Labute approximate surface area is 111 Å². The Morgan fingerprint density at radius 3 is 2.59 bits per heavy atom. The maximum atomic E-state index is 11.3. The van der Waals surface area contributed by atoms with Gasteiger partial charge in [-0.25, -0.2) is 8.42 Å². The Bertz CT molecular complexity index is 543. The Kier molecular flexibility index (Phi) is 3.57. The van der Waals surface area contributed by atoms with Crippen LogP contribution in [0.25, 0.3) is 0 Å². The third-order valence-corrected chi connectivity index (χ3v) is 5.33. The molecule has 3 nitrogen and oxygen atoms in total. The normalized spacial score (nSPS) is 22.6. The van der Waals surface area contributed by atoms with Crippen LogP contribution in [0.2, 0.25) is 10.0 Å². The standard InChI is InChI=1S/C11H13Cl2NO2S/c1-7-4-10(13)11(5-9(7)12)14-8-2-3-17(15,16)6-8/h4-5,8,14H,2-3,6H2,1H3. The lowest BCUT2D eigenvalue weighted by molar-refractivity contribution is 0.602. The maximum Gasteiger partial charge on any atom is 0.152 e. The Morgan fingerprint density at radius 2 is 2.00 bits per heavy atom. The lowest BCUT2D eigenvalue weighted by atomic mass is 10.2. The van der Waals surface area contributed by atoms with Crippen LogP contribution in [-0.2, 0) is 9.84 Å². The molecule has 1 unspecified atom stereocenters. The van der Waals surface area contributed by atoms with E-state index in [0.717, 1.165) is 5.56 Å². The van der Waals surface area contributed by atoms with Gasteiger partial charge in [-0.1, -0.05) is 23.2 Å². The summed E-state index contributed by atoms with van der Waals surface area (Å²) >= 11 is 12.1. The molecule has 0 saturated carbocycles. The summed E-state index contributed by atoms with van der Waals surface area (Å²) < 4.78 is 22.7. The van der Waals surface area contributed by atoms with E-state index in [9.17, 15) is 8.42 Å². The molecule has 1 atom stereocenters. The Morgan fingerprint density at radius 1 is 1.29 bits per heavy atom. The van der Waals surface area contributed by atoms with Crippen molar-refractivity contribution < 1.29 is 8.42 Å². The topological polar surface area (TPSA) is 46.2 Å². The monoisotopic (exact) mass is 293 g/mol. The van der Waals surface area contributed by atoms with E-state index < -0.39 is 9.84 Å². The van der Waals surface area contributed by atoms with Gasteiger partial charge in [0, 0.05) is 11.1 Å². The lowest BCUT2D eigenvalue weighted by Crippen LogP contribution is -2.20. The van der Waals surface area contributed by atoms with E-state index in [4.69, 9.17) is 23.2 Å². The summed E-state index contributed by atoms with van der Waals surface area (Å²) in [5.41, 5.74) is 1.60. The van der Waals surface area contributed by atoms with Gasteiger partial charge in [0.2, 0.25) is 0 Å². The molecule has 0 radical (unpaired) electrons. The average molecular weight is 294 g/mol. The van der Waals surface area contributed by atoms with Crippen molar-refractivity contribution >= 4 is 38.7 Å². The highest BCUT2D eigenvalue weighted by Crippen LogP contribution is 2.30. The molecule has 0 bridgehead atoms. The highest BCUT2D eigenvalue weighted by molar-refractivity contribution is 7.91. The molecule has 0 spiro atoms. The van der Waals surface area contributed by atoms with Crippen LogP contribution in [0, 0.1) is 6.92 Å². The van der Waals surface area contributed by atoms with Crippen LogP contribution in [0.15, 0.2) is 12.1 Å². The van der Waals surface area contributed by atoms with Gasteiger partial charge in [0.25, 0.3) is 0 Å². The van der Waals surface area contributed by atoms with Crippen LogP contribution in [0.3, 0.4) is 0 Å². The van der Waals surface area contributed by atoms with Crippen LogP contribution in [0.5, 0.6) is 0 Å². The van der Waals surface area contributed by atoms with Gasteiger partial charge in [-0.3, -0.25) is 0 Å². The summed E-state index contributed by atoms with van der Waals surface area (Å²) in [6.07, 6.45) is 0.615. The molecule has 0 amide bonds. The fourth-order valence-corrected chi connectivity index (χ4v) is 4.00. The maximum absolute atomic E-state index is 11.3. The summed E-state index contributed by atoms with van der Waals surface area (Å²) in [6.45, 7) is 1.87. The summed E-state index contributed by atoms with van der Waals surface area (Å²) in [5.74, 6) is 0.400. The highest BCUT2D eigenvalue weighted by atomic mass is 35.5. The van der Waals surface area contributed by atoms with Gasteiger partial charge in [-0.2, -0.15) is 0 Å². The average Bonchev–Trinajstić information content (AvgIpc) is 2.54. The van der Waals surface area contributed by atoms with Gasteiger partial charge in [-0.15, -0.1) is 0 Å². The Balaban J connectivity index is 2.17. The molecule has 6 heteroatoms. The van der Waals surface area contributed by atoms with Crippen molar-refractivity contribution in [2.24, 2.45) is 0 Å². The third kappa shape index (κ3) is 3.06. The summed E-state index contributed by atoms with van der Waals surface area (Å²) in [6, 6.07) is 3.44. The van der Waals surface area contributed by atoms with Crippen molar-refractivity contribution in [3.63, 3.8) is 0 Å². The number of hydrogen-bond donors (Lipinski definition) is 1. The van der Waals surface area contributed by atoms with Crippen molar-refractivity contribution in [1.82, 2.24) is 0 Å². The minimum atomic E-state index is -2.89. The third-order valence-electron chi connectivity index (χ3n) is 2.84. The van der Waals surface area contributed by atoms with Gasteiger partial charge in [0.1, 0.15) is 0 Å². The number of hydrogen-bond acceptors (Lipinski definition) is 3. The zero-order chi connectivity index (χ0) is 12.6. The molecule has 2 rings (SSSR count). The molecule has 1 aliphatic rings. The quantitative estimate of drug-likeness (QED) is 0.912. The van der Waals surface area contributed by atoms with E-state index in [1.807, 2.05) is 6.92 Å². The molecule has 1 aliphatic heterocycles. The van der Waals surface area contributed by atoms with Crippen molar-refractivity contribution in [3.8, 4) is 0 Å². The molecular formula is C11H13Cl2NO2S. The molecule has 1 aromatic carbocycles. The van der Waals surface area contributed by atoms with E-state index in [0.29, 0.717) is 22.2 Å². The van der Waals surface area contributed by atoms with E-state index in [-0.39, 0.29) is 17.5 Å². The van der Waals surface area contributed by atoms with Gasteiger partial charge in [-0.05, 0) is 31.0 Å². The van der Waals surface area contributed by atoms with E-state index in [2.05, 4.69) is 5.32 Å². The SMILES string of the molecule is Cc1cc(Cl)c(NC2CCS(=O)(=O)C2)cc1Cl. The van der Waals surface area contributed by atoms with Crippen molar-refractivity contribution in [3.05, 3.63) is 27.7 Å². The van der Waals surface area contributed by atoms with E-state index >= 15 is 0 Å². The molecule has 0 aliphatic carbocycles. The summed E-state index contributed by atoms with van der Waals surface area (Å²) in [5, 5.41) is 4.33. The van der Waals surface area contributed by atoms with Crippen LogP contribution in [0.4, 0.5) is 5.69 Å². The first-order valence-electron chi connectivity index (χ1n) is 5.30. The van der Waals surface area contributed by atoms with Crippen molar-refractivity contribution in [2.45, 2.75) is 19.4 Å². The number of nitrogens with one attached hydrogen (secondary N) is 1. The molecule has 1 saturated heterocycles. The molecule has 1 aromatic rings.